The predicted octanol–water partition coefficient (Wildman–Crippen LogP) is 1.76. The minimum Gasteiger partial charge on any atom is -0.493 e. The fraction of sp³-hybridized carbons (Fsp3) is 0.565. The lowest BCUT2D eigenvalue weighted by atomic mass is 10.1. The van der Waals surface area contributed by atoms with Crippen molar-refractivity contribution in [2.24, 2.45) is 0 Å². The van der Waals surface area contributed by atoms with Crippen molar-refractivity contribution < 1.29 is 9.53 Å². The van der Waals surface area contributed by atoms with Gasteiger partial charge in [0.2, 0.25) is 5.91 Å². The average molecular weight is 412 g/mol. The zero-order chi connectivity index (χ0) is 20.9. The third-order valence-corrected chi connectivity index (χ3v) is 5.96. The molecule has 2 aliphatic rings. The molecule has 0 saturated carbocycles. The molecule has 0 radical (unpaired) electrons. The van der Waals surface area contributed by atoms with Gasteiger partial charge in [-0.2, -0.15) is 5.10 Å². The van der Waals surface area contributed by atoms with E-state index in [1.807, 2.05) is 11.6 Å². The number of fused-ring (bicyclic) bond motifs is 1. The summed E-state index contributed by atoms with van der Waals surface area (Å²) in [5, 5.41) is 7.51. The molecule has 1 N–H and O–H groups in total. The summed E-state index contributed by atoms with van der Waals surface area (Å²) in [6, 6.07) is 8.65. The smallest absolute Gasteiger partial charge is 0.234 e. The largest absolute Gasteiger partial charge is 0.493 e. The number of aromatic nitrogens is 2. The number of hydrogen-bond donors (Lipinski definition) is 1. The summed E-state index contributed by atoms with van der Waals surface area (Å²) in [4.78, 5) is 17.0. The van der Waals surface area contributed by atoms with Crippen LogP contribution in [0.25, 0.3) is 0 Å². The van der Waals surface area contributed by atoms with Gasteiger partial charge in [-0.25, -0.2) is 0 Å². The first-order valence-corrected chi connectivity index (χ1v) is 11.0. The van der Waals surface area contributed by atoms with Crippen LogP contribution in [0.2, 0.25) is 0 Å². The second-order valence-corrected chi connectivity index (χ2v) is 8.45. The van der Waals surface area contributed by atoms with E-state index in [1.165, 1.54) is 16.8 Å². The topological polar surface area (TPSA) is 62.6 Å². The number of rotatable bonds is 8. The molecule has 1 fully saturated rings. The van der Waals surface area contributed by atoms with Crippen molar-refractivity contribution in [1.82, 2.24) is 24.9 Å². The quantitative estimate of drug-likeness (QED) is 0.671. The van der Waals surface area contributed by atoms with Crippen molar-refractivity contribution in [3.8, 4) is 5.75 Å². The van der Waals surface area contributed by atoms with Crippen LogP contribution in [0.4, 0.5) is 0 Å². The molecular formula is C23H33N5O2. The summed E-state index contributed by atoms with van der Waals surface area (Å²) in [5.41, 5.74) is 4.90. The maximum atomic E-state index is 12.3. The summed E-state index contributed by atoms with van der Waals surface area (Å²) in [7, 11) is 0. The van der Waals surface area contributed by atoms with E-state index in [0.29, 0.717) is 13.1 Å². The van der Waals surface area contributed by atoms with Crippen LogP contribution in [0.3, 0.4) is 0 Å². The van der Waals surface area contributed by atoms with Gasteiger partial charge in [-0.1, -0.05) is 12.1 Å². The Balaban J connectivity index is 1.12. The number of piperazine rings is 1. The monoisotopic (exact) mass is 411 g/mol. The number of nitrogens with zero attached hydrogens (tertiary/aromatic N) is 4. The average Bonchev–Trinajstić information content (AvgIpc) is 3.32. The van der Waals surface area contributed by atoms with Gasteiger partial charge >= 0.3 is 0 Å². The second-order valence-electron chi connectivity index (χ2n) is 8.45. The summed E-state index contributed by atoms with van der Waals surface area (Å²) >= 11 is 0. The Labute approximate surface area is 179 Å². The van der Waals surface area contributed by atoms with Crippen LogP contribution < -0.4 is 10.1 Å². The van der Waals surface area contributed by atoms with Gasteiger partial charge in [-0.05, 0) is 43.5 Å². The standard InChI is InChI=1S/C23H33N5O2/c1-18-14-19(2)28(25-18)8-3-7-24-23(29)17-27-11-9-26(10-12-27)16-20-4-5-22-21(15-20)6-13-30-22/h4-5,14-15H,3,6-13,16-17H2,1-2H3,(H,24,29). The highest BCUT2D eigenvalue weighted by Crippen LogP contribution is 2.26. The normalized spacial score (nSPS) is 17.0. The molecule has 1 saturated heterocycles. The van der Waals surface area contributed by atoms with Gasteiger partial charge in [0, 0.05) is 57.9 Å². The minimum absolute atomic E-state index is 0.121. The molecule has 0 bridgehead atoms. The Morgan fingerprint density at radius 3 is 2.70 bits per heavy atom. The van der Waals surface area contributed by atoms with Crippen LogP contribution in [0.5, 0.6) is 5.75 Å². The summed E-state index contributed by atoms with van der Waals surface area (Å²) in [6.45, 7) is 11.7. The van der Waals surface area contributed by atoms with Crippen molar-refractivity contribution in [3.63, 3.8) is 0 Å². The molecule has 2 aromatic rings. The summed E-state index contributed by atoms with van der Waals surface area (Å²) < 4.78 is 7.60. The first kappa shape index (κ1) is 20.9. The maximum Gasteiger partial charge on any atom is 0.234 e. The van der Waals surface area contributed by atoms with E-state index in [-0.39, 0.29) is 5.91 Å². The van der Waals surface area contributed by atoms with Gasteiger partial charge in [0.05, 0.1) is 18.8 Å². The Bertz CT molecular complexity index is 870. The lowest BCUT2D eigenvalue weighted by molar-refractivity contribution is -0.122. The lowest BCUT2D eigenvalue weighted by Crippen LogP contribution is -2.49. The number of carbonyl (C=O) groups is 1. The van der Waals surface area contributed by atoms with E-state index >= 15 is 0 Å². The number of ether oxygens (including phenoxy) is 1. The molecule has 0 atom stereocenters. The summed E-state index contributed by atoms with van der Waals surface area (Å²) in [6.07, 6.45) is 1.92. The lowest BCUT2D eigenvalue weighted by Gasteiger charge is -2.34. The third kappa shape index (κ3) is 5.40. The van der Waals surface area contributed by atoms with E-state index in [2.05, 4.69) is 51.4 Å². The number of nitrogens with one attached hydrogen (secondary N) is 1. The van der Waals surface area contributed by atoms with Crippen molar-refractivity contribution in [1.29, 1.82) is 0 Å². The molecule has 4 rings (SSSR count). The molecule has 0 unspecified atom stereocenters. The van der Waals surface area contributed by atoms with E-state index in [4.69, 9.17) is 4.74 Å². The number of aryl methyl sites for hydroxylation is 3. The number of amides is 1. The Morgan fingerprint density at radius 2 is 1.93 bits per heavy atom. The number of benzene rings is 1. The number of hydrogen-bond acceptors (Lipinski definition) is 5. The second kappa shape index (κ2) is 9.62. The van der Waals surface area contributed by atoms with E-state index in [9.17, 15) is 4.79 Å². The maximum absolute atomic E-state index is 12.3. The van der Waals surface area contributed by atoms with E-state index < -0.39 is 0 Å². The first-order chi connectivity index (χ1) is 14.6. The molecule has 0 aliphatic carbocycles. The molecule has 1 aromatic carbocycles. The molecule has 0 spiro atoms. The highest BCUT2D eigenvalue weighted by Gasteiger charge is 2.20. The van der Waals surface area contributed by atoms with Crippen molar-refractivity contribution in [3.05, 3.63) is 46.8 Å². The van der Waals surface area contributed by atoms with Crippen LogP contribution >= 0.6 is 0 Å². The van der Waals surface area contributed by atoms with E-state index in [0.717, 1.165) is 70.2 Å². The first-order valence-electron chi connectivity index (χ1n) is 11.0. The number of carbonyl (C=O) groups excluding carboxylic acids is 1. The molecule has 7 heteroatoms. The van der Waals surface area contributed by atoms with Gasteiger partial charge in [-0.15, -0.1) is 0 Å². The third-order valence-electron chi connectivity index (χ3n) is 5.96. The molecule has 3 heterocycles. The SMILES string of the molecule is Cc1cc(C)n(CCCNC(=O)CN2CCN(Cc3ccc4c(c3)CCO4)CC2)n1. The van der Waals surface area contributed by atoms with Gasteiger partial charge in [0.15, 0.2) is 0 Å². The molecule has 2 aliphatic heterocycles. The molecule has 162 valence electrons. The molecule has 7 nitrogen and oxygen atoms in total. The van der Waals surface area contributed by atoms with Gasteiger partial charge in [0.1, 0.15) is 5.75 Å². The van der Waals surface area contributed by atoms with Crippen LogP contribution in [0, 0.1) is 13.8 Å². The minimum atomic E-state index is 0.121. The highest BCUT2D eigenvalue weighted by molar-refractivity contribution is 5.77. The van der Waals surface area contributed by atoms with Crippen molar-refractivity contribution >= 4 is 5.91 Å². The zero-order valence-corrected chi connectivity index (χ0v) is 18.2. The van der Waals surface area contributed by atoms with Crippen LogP contribution in [-0.2, 0) is 24.3 Å². The fourth-order valence-electron chi connectivity index (χ4n) is 4.32. The highest BCUT2D eigenvalue weighted by atomic mass is 16.5. The molecule has 1 aromatic heterocycles. The molecule has 30 heavy (non-hydrogen) atoms. The summed E-state index contributed by atoms with van der Waals surface area (Å²) in [5.74, 6) is 1.17. The van der Waals surface area contributed by atoms with E-state index in [1.54, 1.807) is 0 Å². The van der Waals surface area contributed by atoms with Crippen molar-refractivity contribution in [2.75, 3.05) is 45.9 Å². The Hall–Kier alpha value is -2.38. The van der Waals surface area contributed by atoms with Gasteiger partial charge < -0.3 is 10.1 Å². The van der Waals surface area contributed by atoms with Gasteiger partial charge in [0.25, 0.3) is 0 Å². The fourth-order valence-corrected chi connectivity index (χ4v) is 4.32. The Kier molecular flexibility index (Phi) is 6.69. The molecule has 1 amide bonds. The van der Waals surface area contributed by atoms with Gasteiger partial charge in [-0.3, -0.25) is 19.3 Å². The zero-order valence-electron chi connectivity index (χ0n) is 18.2. The van der Waals surface area contributed by atoms with Crippen molar-refractivity contribution in [2.45, 2.75) is 39.8 Å². The molecular weight excluding hydrogens is 378 g/mol. The predicted molar refractivity (Wildman–Crippen MR) is 117 cm³/mol. The van der Waals surface area contributed by atoms with Crippen LogP contribution in [-0.4, -0.2) is 71.4 Å². The van der Waals surface area contributed by atoms with Crippen LogP contribution in [0.15, 0.2) is 24.3 Å². The van der Waals surface area contributed by atoms with Crippen LogP contribution in [0.1, 0.15) is 28.9 Å². The Morgan fingerprint density at radius 1 is 1.13 bits per heavy atom.